The fourth-order valence-corrected chi connectivity index (χ4v) is 2.63. The fourth-order valence-electron chi connectivity index (χ4n) is 2.39. The maximum atomic E-state index is 6.25. The largest absolute Gasteiger partial charge is 0.492 e. The number of aryl methyl sites for hydroxylation is 2. The summed E-state index contributed by atoms with van der Waals surface area (Å²) in [6.07, 6.45) is 0. The third-order valence-electron chi connectivity index (χ3n) is 3.29. The number of halogens is 1. The van der Waals surface area contributed by atoms with Crippen LogP contribution >= 0.6 is 11.6 Å². The second-order valence-electron chi connectivity index (χ2n) is 4.75. The van der Waals surface area contributed by atoms with Crippen LogP contribution in [0.25, 0.3) is 0 Å². The first-order chi connectivity index (χ1) is 9.56. The highest BCUT2D eigenvalue weighted by Crippen LogP contribution is 2.31. The second kappa shape index (κ2) is 6.29. The SMILES string of the molecule is CCOc1ccc(C(CN)c2cc(C)nn2C)cc1Cl. The van der Waals surface area contributed by atoms with Gasteiger partial charge in [0.1, 0.15) is 5.75 Å². The zero-order valence-electron chi connectivity index (χ0n) is 12.1. The Morgan fingerprint density at radius 1 is 1.40 bits per heavy atom. The Labute approximate surface area is 124 Å². The molecule has 0 aliphatic carbocycles. The Bertz CT molecular complexity index is 595. The summed E-state index contributed by atoms with van der Waals surface area (Å²) >= 11 is 6.25. The molecule has 2 N–H and O–H groups in total. The van der Waals surface area contributed by atoms with Gasteiger partial charge in [0.25, 0.3) is 0 Å². The number of aromatic nitrogens is 2. The van der Waals surface area contributed by atoms with Crippen LogP contribution < -0.4 is 10.5 Å². The van der Waals surface area contributed by atoms with Crippen molar-refractivity contribution in [1.82, 2.24) is 9.78 Å². The quantitative estimate of drug-likeness (QED) is 0.922. The van der Waals surface area contributed by atoms with E-state index < -0.39 is 0 Å². The van der Waals surface area contributed by atoms with Gasteiger partial charge in [0, 0.05) is 25.2 Å². The average Bonchev–Trinajstić information content (AvgIpc) is 2.73. The standard InChI is InChI=1S/C15H20ClN3O/c1-4-20-15-6-5-11(8-13(15)16)12(9-17)14-7-10(2)18-19(14)3/h5-8,12H,4,9,17H2,1-3H3. The first-order valence-corrected chi connectivity index (χ1v) is 7.07. The third kappa shape index (κ3) is 2.97. The van der Waals surface area contributed by atoms with E-state index in [0.717, 1.165) is 17.0 Å². The highest BCUT2D eigenvalue weighted by atomic mass is 35.5. The molecule has 0 aliphatic heterocycles. The smallest absolute Gasteiger partial charge is 0.137 e. The lowest BCUT2D eigenvalue weighted by Gasteiger charge is -2.17. The lowest BCUT2D eigenvalue weighted by atomic mass is 9.95. The van der Waals surface area contributed by atoms with Gasteiger partial charge in [-0.3, -0.25) is 4.68 Å². The molecule has 20 heavy (non-hydrogen) atoms. The molecule has 5 heteroatoms. The summed E-state index contributed by atoms with van der Waals surface area (Å²) in [5.41, 5.74) is 9.09. The van der Waals surface area contributed by atoms with Crippen molar-refractivity contribution < 1.29 is 4.74 Å². The van der Waals surface area contributed by atoms with Crippen LogP contribution in [0.15, 0.2) is 24.3 Å². The van der Waals surface area contributed by atoms with E-state index in [1.54, 1.807) is 0 Å². The molecule has 108 valence electrons. The maximum Gasteiger partial charge on any atom is 0.137 e. The molecule has 1 aromatic heterocycles. The first kappa shape index (κ1) is 14.9. The van der Waals surface area contributed by atoms with Crippen LogP contribution in [-0.2, 0) is 7.05 Å². The Kier molecular flexibility index (Phi) is 4.68. The molecular weight excluding hydrogens is 274 g/mol. The van der Waals surface area contributed by atoms with Crippen LogP contribution in [0.2, 0.25) is 5.02 Å². The molecule has 0 bridgehead atoms. The third-order valence-corrected chi connectivity index (χ3v) is 3.58. The number of rotatable bonds is 5. The van der Waals surface area contributed by atoms with Gasteiger partial charge in [0.15, 0.2) is 0 Å². The number of nitrogens with two attached hydrogens (primary N) is 1. The molecule has 0 saturated heterocycles. The number of benzene rings is 1. The van der Waals surface area contributed by atoms with Gasteiger partial charge >= 0.3 is 0 Å². The second-order valence-corrected chi connectivity index (χ2v) is 5.15. The van der Waals surface area contributed by atoms with Gasteiger partial charge in [0.05, 0.1) is 17.3 Å². The predicted molar refractivity (Wildman–Crippen MR) is 81.5 cm³/mol. The monoisotopic (exact) mass is 293 g/mol. The molecule has 1 unspecified atom stereocenters. The van der Waals surface area contributed by atoms with E-state index in [-0.39, 0.29) is 5.92 Å². The summed E-state index contributed by atoms with van der Waals surface area (Å²) in [6, 6.07) is 7.89. The van der Waals surface area contributed by atoms with Crippen molar-refractivity contribution in [3.05, 3.63) is 46.2 Å². The van der Waals surface area contributed by atoms with Gasteiger partial charge in [-0.1, -0.05) is 17.7 Å². The lowest BCUT2D eigenvalue weighted by molar-refractivity contribution is 0.340. The lowest BCUT2D eigenvalue weighted by Crippen LogP contribution is -2.17. The van der Waals surface area contributed by atoms with Crippen molar-refractivity contribution in [2.45, 2.75) is 19.8 Å². The minimum atomic E-state index is 0.0781. The van der Waals surface area contributed by atoms with Gasteiger partial charge in [-0.25, -0.2) is 0 Å². The predicted octanol–water partition coefficient (Wildman–Crippen LogP) is 2.87. The summed E-state index contributed by atoms with van der Waals surface area (Å²) in [4.78, 5) is 0. The van der Waals surface area contributed by atoms with Crippen molar-refractivity contribution >= 4 is 11.6 Å². The Morgan fingerprint density at radius 2 is 2.15 bits per heavy atom. The molecular formula is C15H20ClN3O. The number of hydrogen-bond donors (Lipinski definition) is 1. The van der Waals surface area contributed by atoms with Crippen molar-refractivity contribution in [1.29, 1.82) is 0 Å². The maximum absolute atomic E-state index is 6.25. The summed E-state index contributed by atoms with van der Waals surface area (Å²) in [5, 5.41) is 4.99. The number of ether oxygens (including phenoxy) is 1. The van der Waals surface area contributed by atoms with Crippen molar-refractivity contribution in [3.63, 3.8) is 0 Å². The normalized spacial score (nSPS) is 12.4. The zero-order valence-corrected chi connectivity index (χ0v) is 12.8. The Balaban J connectivity index is 2.37. The summed E-state index contributed by atoms with van der Waals surface area (Å²) in [6.45, 7) is 5.01. The minimum absolute atomic E-state index is 0.0781. The van der Waals surface area contributed by atoms with Crippen molar-refractivity contribution in [2.75, 3.05) is 13.2 Å². The molecule has 1 aromatic carbocycles. The molecule has 4 nitrogen and oxygen atoms in total. The van der Waals surface area contributed by atoms with E-state index in [9.17, 15) is 0 Å². The molecule has 1 heterocycles. The van der Waals surface area contributed by atoms with E-state index in [4.69, 9.17) is 22.1 Å². The van der Waals surface area contributed by atoms with Gasteiger partial charge < -0.3 is 10.5 Å². The molecule has 0 radical (unpaired) electrons. The summed E-state index contributed by atoms with van der Waals surface area (Å²) < 4.78 is 7.33. The van der Waals surface area contributed by atoms with Gasteiger partial charge in [-0.05, 0) is 37.6 Å². The molecule has 2 rings (SSSR count). The summed E-state index contributed by atoms with van der Waals surface area (Å²) in [7, 11) is 1.93. The fraction of sp³-hybridized carbons (Fsp3) is 0.400. The molecule has 0 saturated carbocycles. The Morgan fingerprint density at radius 3 is 2.65 bits per heavy atom. The zero-order chi connectivity index (χ0) is 14.7. The molecule has 2 aromatic rings. The number of hydrogen-bond acceptors (Lipinski definition) is 3. The summed E-state index contributed by atoms with van der Waals surface area (Å²) in [5.74, 6) is 0.782. The highest BCUT2D eigenvalue weighted by Gasteiger charge is 2.18. The van der Waals surface area contributed by atoms with E-state index in [0.29, 0.717) is 23.9 Å². The molecule has 0 fully saturated rings. The van der Waals surface area contributed by atoms with Gasteiger partial charge in [-0.15, -0.1) is 0 Å². The molecule has 0 amide bonds. The van der Waals surface area contributed by atoms with Crippen LogP contribution in [-0.4, -0.2) is 22.9 Å². The number of nitrogens with zero attached hydrogens (tertiary/aromatic N) is 2. The topological polar surface area (TPSA) is 53.1 Å². The minimum Gasteiger partial charge on any atom is -0.492 e. The van der Waals surface area contributed by atoms with E-state index in [1.165, 1.54) is 0 Å². The van der Waals surface area contributed by atoms with Crippen molar-refractivity contribution in [2.24, 2.45) is 12.8 Å². The molecule has 0 spiro atoms. The molecule has 1 atom stereocenters. The average molecular weight is 294 g/mol. The van der Waals surface area contributed by atoms with Gasteiger partial charge in [-0.2, -0.15) is 5.10 Å². The van der Waals surface area contributed by atoms with Crippen LogP contribution in [0.4, 0.5) is 0 Å². The van der Waals surface area contributed by atoms with Gasteiger partial charge in [0.2, 0.25) is 0 Å². The van der Waals surface area contributed by atoms with E-state index in [1.807, 2.05) is 43.8 Å². The van der Waals surface area contributed by atoms with Crippen molar-refractivity contribution in [3.8, 4) is 5.75 Å². The van der Waals surface area contributed by atoms with Crippen LogP contribution in [0, 0.1) is 6.92 Å². The van der Waals surface area contributed by atoms with Crippen LogP contribution in [0.3, 0.4) is 0 Å². The van der Waals surface area contributed by atoms with E-state index in [2.05, 4.69) is 11.2 Å². The van der Waals surface area contributed by atoms with E-state index >= 15 is 0 Å². The highest BCUT2D eigenvalue weighted by molar-refractivity contribution is 6.32. The first-order valence-electron chi connectivity index (χ1n) is 6.69. The molecule has 0 aliphatic rings. The van der Waals surface area contributed by atoms with Crippen LogP contribution in [0.1, 0.15) is 29.8 Å². The Hall–Kier alpha value is -1.52. The van der Waals surface area contributed by atoms with Crippen LogP contribution in [0.5, 0.6) is 5.75 Å².